The Morgan fingerprint density at radius 2 is 2.08 bits per heavy atom. The van der Waals surface area contributed by atoms with Crippen LogP contribution in [0.4, 0.5) is 0 Å². The fourth-order valence-electron chi connectivity index (χ4n) is 0.524. The zero-order valence-electron chi connectivity index (χ0n) is 7.28. The molecule has 0 amide bonds. The first-order valence-electron chi connectivity index (χ1n) is 3.59. The molecule has 6 heteroatoms. The second-order valence-electron chi connectivity index (χ2n) is 2.53. The van der Waals surface area contributed by atoms with Crippen LogP contribution in [0.5, 0.6) is 0 Å². The molecule has 0 unspecified atom stereocenters. The Morgan fingerprint density at radius 1 is 1.54 bits per heavy atom. The smallest absolute Gasteiger partial charge is 0.333 e. The van der Waals surface area contributed by atoms with E-state index < -0.39 is 21.8 Å². The molecule has 0 aliphatic rings. The predicted molar refractivity (Wildman–Crippen MR) is 45.0 cm³/mol. The summed E-state index contributed by atoms with van der Waals surface area (Å²) in [5.41, 5.74) is 0.241. The van der Waals surface area contributed by atoms with E-state index in [1.807, 2.05) is 0 Å². The van der Waals surface area contributed by atoms with Gasteiger partial charge in [0.05, 0.1) is 16.7 Å². The van der Waals surface area contributed by atoms with Crippen molar-refractivity contribution in [1.29, 1.82) is 0 Å². The number of rotatable bonds is 5. The number of esters is 1. The zero-order valence-corrected chi connectivity index (χ0v) is 8.09. The molecule has 0 heterocycles. The fourth-order valence-corrected chi connectivity index (χ4v) is 0.995. The average Bonchev–Trinajstić information content (AvgIpc) is 1.95. The number of ether oxygens (including phenoxy) is 1. The topological polar surface area (TPSA) is 83.5 Å². The number of carbonyl (C=O) groups excluding carboxylic acids is 1. The Hall–Kier alpha value is -0.880. The van der Waals surface area contributed by atoms with Gasteiger partial charge < -0.3 is 9.29 Å². The van der Waals surface area contributed by atoms with Gasteiger partial charge in [-0.05, 0) is 13.3 Å². The van der Waals surface area contributed by atoms with Crippen LogP contribution < -0.4 is 0 Å². The number of hydrogen-bond acceptors (Lipinski definition) is 5. The van der Waals surface area contributed by atoms with E-state index in [2.05, 4.69) is 11.3 Å². The van der Waals surface area contributed by atoms with E-state index in [0.717, 1.165) is 0 Å². The summed E-state index contributed by atoms with van der Waals surface area (Å²) in [6, 6.07) is 0. The molecule has 0 bridgehead atoms. The van der Waals surface area contributed by atoms with Gasteiger partial charge in [-0.1, -0.05) is 6.58 Å². The summed E-state index contributed by atoms with van der Waals surface area (Å²) in [5, 5.41) is 0. The normalized spacial score (nSPS) is 10.9. The Balaban J connectivity index is 3.59. The molecule has 0 aromatic rings. The first-order chi connectivity index (χ1) is 5.83. The van der Waals surface area contributed by atoms with Gasteiger partial charge in [-0.25, -0.2) is 13.2 Å². The van der Waals surface area contributed by atoms with E-state index in [1.165, 1.54) is 6.92 Å². The summed E-state index contributed by atoms with van der Waals surface area (Å²) in [6.45, 7) is 4.73. The predicted octanol–water partition coefficient (Wildman–Crippen LogP) is 0.0410. The molecule has 0 N–H and O–H groups in total. The van der Waals surface area contributed by atoms with Crippen LogP contribution in [0.25, 0.3) is 0 Å². The number of hydrogen-bond donors (Lipinski definition) is 0. The third-order valence-corrected chi connectivity index (χ3v) is 1.91. The molecular weight excluding hydrogens is 196 g/mol. The van der Waals surface area contributed by atoms with E-state index in [9.17, 15) is 17.8 Å². The van der Waals surface area contributed by atoms with Crippen molar-refractivity contribution in [2.75, 3.05) is 12.4 Å². The lowest BCUT2D eigenvalue weighted by Crippen LogP contribution is -2.11. The van der Waals surface area contributed by atoms with Crippen molar-refractivity contribution in [3.63, 3.8) is 0 Å². The maximum Gasteiger partial charge on any atom is 0.333 e. The Bertz CT molecular complexity index is 290. The third-order valence-electron chi connectivity index (χ3n) is 1.12. The van der Waals surface area contributed by atoms with Gasteiger partial charge in [-0.2, -0.15) is 0 Å². The minimum absolute atomic E-state index is 0.0187. The highest BCUT2D eigenvalue weighted by molar-refractivity contribution is 7.85. The fraction of sp³-hybridized carbons (Fsp3) is 0.571. The summed E-state index contributed by atoms with van der Waals surface area (Å²) in [6.07, 6.45) is 0.0187. The molecule has 0 aliphatic carbocycles. The van der Waals surface area contributed by atoms with Gasteiger partial charge in [-0.3, -0.25) is 0 Å². The molecule has 0 aromatic heterocycles. The van der Waals surface area contributed by atoms with Crippen molar-refractivity contribution in [1.82, 2.24) is 0 Å². The van der Waals surface area contributed by atoms with Crippen LogP contribution in [0.1, 0.15) is 13.3 Å². The molecule has 0 saturated carbocycles. The lowest BCUT2D eigenvalue weighted by molar-refractivity contribution is -0.138. The molecule has 0 radical (unpaired) electrons. The summed E-state index contributed by atoms with van der Waals surface area (Å²) in [5.74, 6) is -1.10. The van der Waals surface area contributed by atoms with E-state index in [4.69, 9.17) is 0 Å². The van der Waals surface area contributed by atoms with Crippen LogP contribution in [0.3, 0.4) is 0 Å². The second kappa shape index (κ2) is 4.98. The minimum Gasteiger partial charge on any atom is -0.748 e. The minimum atomic E-state index is -4.21. The van der Waals surface area contributed by atoms with E-state index >= 15 is 0 Å². The summed E-state index contributed by atoms with van der Waals surface area (Å²) in [4.78, 5) is 10.7. The molecule has 5 nitrogen and oxygen atoms in total. The quantitative estimate of drug-likeness (QED) is 0.275. The number of carbonyl (C=O) groups is 1. The van der Waals surface area contributed by atoms with Crippen LogP contribution in [0, 0.1) is 0 Å². The van der Waals surface area contributed by atoms with Crippen molar-refractivity contribution in [3.05, 3.63) is 12.2 Å². The van der Waals surface area contributed by atoms with Gasteiger partial charge in [0, 0.05) is 11.3 Å². The molecule has 0 aromatic carbocycles. The Morgan fingerprint density at radius 3 is 2.46 bits per heavy atom. The van der Waals surface area contributed by atoms with Gasteiger partial charge >= 0.3 is 5.97 Å². The SMILES string of the molecule is C=C(C)C(=O)OCCCS(=O)(=O)[O-]. The van der Waals surface area contributed by atoms with E-state index in [0.29, 0.717) is 0 Å². The molecule has 0 saturated heterocycles. The Labute approximate surface area is 77.1 Å². The van der Waals surface area contributed by atoms with Gasteiger partial charge in [-0.15, -0.1) is 0 Å². The maximum atomic E-state index is 10.7. The molecule has 0 rings (SSSR count). The van der Waals surface area contributed by atoms with Crippen LogP contribution in [-0.4, -0.2) is 31.3 Å². The monoisotopic (exact) mass is 207 g/mol. The van der Waals surface area contributed by atoms with Crippen LogP contribution in [0.15, 0.2) is 12.2 Å². The standard InChI is InChI=1S/C7H12O5S/c1-6(2)7(8)12-4-3-5-13(9,10)11/h1,3-5H2,2H3,(H,9,10,11)/p-1. The maximum absolute atomic E-state index is 10.7. The highest BCUT2D eigenvalue weighted by Crippen LogP contribution is 1.94. The zero-order chi connectivity index (χ0) is 10.5. The third kappa shape index (κ3) is 7.48. The van der Waals surface area contributed by atoms with Crippen molar-refractivity contribution >= 4 is 16.1 Å². The average molecular weight is 207 g/mol. The molecule has 76 valence electrons. The van der Waals surface area contributed by atoms with Crippen molar-refractivity contribution in [2.45, 2.75) is 13.3 Å². The summed E-state index contributed by atoms with van der Waals surface area (Å²) < 4.78 is 34.8. The highest BCUT2D eigenvalue weighted by atomic mass is 32.2. The van der Waals surface area contributed by atoms with E-state index in [-0.39, 0.29) is 18.6 Å². The van der Waals surface area contributed by atoms with Crippen LogP contribution in [-0.2, 0) is 19.6 Å². The lowest BCUT2D eigenvalue weighted by atomic mass is 10.4. The molecule has 0 aliphatic heterocycles. The van der Waals surface area contributed by atoms with Crippen LogP contribution >= 0.6 is 0 Å². The second-order valence-corrected chi connectivity index (χ2v) is 4.06. The molecule has 0 atom stereocenters. The van der Waals surface area contributed by atoms with Gasteiger partial charge in [0.25, 0.3) is 0 Å². The lowest BCUT2D eigenvalue weighted by Gasteiger charge is -2.06. The van der Waals surface area contributed by atoms with Crippen LogP contribution in [0.2, 0.25) is 0 Å². The molecule has 0 fully saturated rings. The van der Waals surface area contributed by atoms with Gasteiger partial charge in [0.15, 0.2) is 0 Å². The summed E-state index contributed by atoms with van der Waals surface area (Å²) >= 11 is 0. The summed E-state index contributed by atoms with van der Waals surface area (Å²) in [7, 11) is -4.21. The van der Waals surface area contributed by atoms with Crippen molar-refractivity contribution in [2.24, 2.45) is 0 Å². The van der Waals surface area contributed by atoms with Gasteiger partial charge in [0.2, 0.25) is 0 Å². The molecule has 13 heavy (non-hydrogen) atoms. The molecular formula is C7H11O5S-. The van der Waals surface area contributed by atoms with Crippen molar-refractivity contribution < 1.29 is 22.5 Å². The van der Waals surface area contributed by atoms with Gasteiger partial charge in [0.1, 0.15) is 0 Å². The largest absolute Gasteiger partial charge is 0.748 e. The Kier molecular flexibility index (Phi) is 4.64. The molecule has 0 spiro atoms. The highest BCUT2D eigenvalue weighted by Gasteiger charge is 2.02. The van der Waals surface area contributed by atoms with Crippen molar-refractivity contribution in [3.8, 4) is 0 Å². The first kappa shape index (κ1) is 12.1. The first-order valence-corrected chi connectivity index (χ1v) is 5.17. The van der Waals surface area contributed by atoms with E-state index in [1.54, 1.807) is 0 Å².